The molecule has 3 rings (SSSR count). The first-order valence-electron chi connectivity index (χ1n) is 6.52. The number of nitrogens with zero attached hydrogens (tertiary/aromatic N) is 2. The average molecular weight is 518 g/mol. The van der Waals surface area contributed by atoms with E-state index in [-0.39, 0.29) is 0 Å². The molecule has 4 nitrogen and oxygen atoms in total. The Morgan fingerprint density at radius 1 is 1.09 bits per heavy atom. The molecule has 0 saturated heterocycles. The SMILES string of the molecule is COc1cccc(C2=COC(c3cc(I)cc(I)c3)N=N2)c1. The standard InChI is InChI=1S/C16H12I2N2O2/c1-21-14-4-2-3-10(7-14)15-9-22-16(20-19-15)11-5-12(17)8-13(18)6-11/h2-9,16H,1H3. The van der Waals surface area contributed by atoms with E-state index in [0.717, 1.165) is 24.0 Å². The first kappa shape index (κ1) is 15.7. The van der Waals surface area contributed by atoms with E-state index in [1.54, 1.807) is 13.4 Å². The molecule has 1 aliphatic heterocycles. The van der Waals surface area contributed by atoms with E-state index in [2.05, 4.69) is 73.6 Å². The van der Waals surface area contributed by atoms with Gasteiger partial charge in [-0.2, -0.15) is 0 Å². The number of benzene rings is 2. The third-order valence-corrected chi connectivity index (χ3v) is 4.36. The van der Waals surface area contributed by atoms with Crippen molar-refractivity contribution in [1.82, 2.24) is 0 Å². The lowest BCUT2D eigenvalue weighted by Gasteiger charge is -2.17. The van der Waals surface area contributed by atoms with E-state index in [0.29, 0.717) is 5.70 Å². The van der Waals surface area contributed by atoms with Crippen molar-refractivity contribution in [2.45, 2.75) is 6.23 Å². The third kappa shape index (κ3) is 3.60. The summed E-state index contributed by atoms with van der Waals surface area (Å²) in [6.07, 6.45) is 1.26. The zero-order valence-electron chi connectivity index (χ0n) is 11.7. The van der Waals surface area contributed by atoms with Gasteiger partial charge in [0.25, 0.3) is 0 Å². The van der Waals surface area contributed by atoms with Crippen LogP contribution in [0.25, 0.3) is 5.70 Å². The molecule has 0 aromatic heterocycles. The van der Waals surface area contributed by atoms with Crippen LogP contribution >= 0.6 is 45.2 Å². The number of hydrogen-bond donors (Lipinski definition) is 0. The fraction of sp³-hybridized carbons (Fsp3) is 0.125. The van der Waals surface area contributed by atoms with E-state index in [1.807, 2.05) is 24.3 Å². The van der Waals surface area contributed by atoms with Crippen LogP contribution < -0.4 is 4.74 Å². The summed E-state index contributed by atoms with van der Waals surface area (Å²) in [6, 6.07) is 13.9. The van der Waals surface area contributed by atoms with Gasteiger partial charge < -0.3 is 9.47 Å². The van der Waals surface area contributed by atoms with Crippen molar-refractivity contribution in [2.75, 3.05) is 7.11 Å². The summed E-state index contributed by atoms with van der Waals surface area (Å²) in [4.78, 5) is 0. The lowest BCUT2D eigenvalue weighted by atomic mass is 10.1. The molecule has 1 heterocycles. The van der Waals surface area contributed by atoms with Crippen molar-refractivity contribution < 1.29 is 9.47 Å². The summed E-state index contributed by atoms with van der Waals surface area (Å²) in [5, 5.41) is 8.58. The fourth-order valence-corrected chi connectivity index (χ4v) is 4.05. The second-order valence-corrected chi connectivity index (χ2v) is 7.13. The highest BCUT2D eigenvalue weighted by atomic mass is 127. The molecule has 2 aromatic carbocycles. The van der Waals surface area contributed by atoms with Crippen LogP contribution in [0.2, 0.25) is 0 Å². The van der Waals surface area contributed by atoms with Crippen molar-refractivity contribution in [3.63, 3.8) is 0 Å². The highest BCUT2D eigenvalue weighted by molar-refractivity contribution is 14.1. The Kier molecular flexibility index (Phi) is 4.97. The topological polar surface area (TPSA) is 43.2 Å². The van der Waals surface area contributed by atoms with Gasteiger partial charge in [-0.25, -0.2) is 0 Å². The minimum absolute atomic E-state index is 0.391. The minimum Gasteiger partial charge on any atom is -0.497 e. The molecule has 0 bridgehead atoms. The van der Waals surface area contributed by atoms with E-state index < -0.39 is 6.23 Å². The van der Waals surface area contributed by atoms with Gasteiger partial charge in [0.2, 0.25) is 6.23 Å². The Bertz CT molecular complexity index is 739. The lowest BCUT2D eigenvalue weighted by Crippen LogP contribution is -2.02. The maximum absolute atomic E-state index is 5.74. The summed E-state index contributed by atoms with van der Waals surface area (Å²) in [7, 11) is 1.64. The van der Waals surface area contributed by atoms with Gasteiger partial charge in [-0.05, 0) is 75.5 Å². The highest BCUT2D eigenvalue weighted by Crippen LogP contribution is 2.31. The summed E-state index contributed by atoms with van der Waals surface area (Å²) in [5.41, 5.74) is 2.61. The molecule has 1 aliphatic rings. The maximum Gasteiger partial charge on any atom is 0.234 e. The molecule has 6 heteroatoms. The Labute approximate surface area is 155 Å². The van der Waals surface area contributed by atoms with Crippen LogP contribution in [0.5, 0.6) is 5.75 Å². The predicted octanol–water partition coefficient (Wildman–Crippen LogP) is 5.38. The number of ether oxygens (including phenoxy) is 2. The van der Waals surface area contributed by atoms with Crippen LogP contribution in [0.1, 0.15) is 17.4 Å². The van der Waals surface area contributed by atoms with Crippen LogP contribution in [-0.2, 0) is 4.74 Å². The summed E-state index contributed by atoms with van der Waals surface area (Å²) in [6.45, 7) is 0. The largest absolute Gasteiger partial charge is 0.497 e. The molecule has 1 atom stereocenters. The maximum atomic E-state index is 5.74. The molecular formula is C16H12I2N2O2. The Morgan fingerprint density at radius 2 is 1.86 bits per heavy atom. The number of methoxy groups -OCH3 is 1. The second kappa shape index (κ2) is 6.95. The smallest absolute Gasteiger partial charge is 0.234 e. The van der Waals surface area contributed by atoms with E-state index in [9.17, 15) is 0 Å². The average Bonchev–Trinajstić information content (AvgIpc) is 2.54. The molecule has 0 spiro atoms. The summed E-state index contributed by atoms with van der Waals surface area (Å²) < 4.78 is 13.3. The van der Waals surface area contributed by atoms with Crippen LogP contribution in [0, 0.1) is 7.14 Å². The summed E-state index contributed by atoms with van der Waals surface area (Å²) in [5.74, 6) is 0.780. The Balaban J connectivity index is 1.81. The van der Waals surface area contributed by atoms with Crippen molar-refractivity contribution in [3.05, 3.63) is 67.0 Å². The van der Waals surface area contributed by atoms with E-state index >= 15 is 0 Å². The molecule has 22 heavy (non-hydrogen) atoms. The molecule has 0 radical (unpaired) electrons. The van der Waals surface area contributed by atoms with Gasteiger partial charge in [0.05, 0.1) is 7.11 Å². The second-order valence-electron chi connectivity index (χ2n) is 4.64. The Hall–Kier alpha value is -1.16. The molecule has 112 valence electrons. The van der Waals surface area contributed by atoms with Gasteiger partial charge in [0.15, 0.2) is 0 Å². The van der Waals surface area contributed by atoms with E-state index in [1.165, 1.54) is 0 Å². The van der Waals surface area contributed by atoms with Crippen molar-refractivity contribution in [3.8, 4) is 5.75 Å². The number of azo groups is 1. The molecule has 2 aromatic rings. The highest BCUT2D eigenvalue weighted by Gasteiger charge is 2.17. The third-order valence-electron chi connectivity index (χ3n) is 3.11. The first-order valence-corrected chi connectivity index (χ1v) is 8.68. The fourth-order valence-electron chi connectivity index (χ4n) is 2.07. The molecule has 0 N–H and O–H groups in total. The molecule has 1 unspecified atom stereocenters. The van der Waals surface area contributed by atoms with Crippen LogP contribution in [0.4, 0.5) is 0 Å². The number of halogens is 2. The van der Waals surface area contributed by atoms with Gasteiger partial charge in [-0.3, -0.25) is 0 Å². The number of rotatable bonds is 3. The van der Waals surface area contributed by atoms with Crippen molar-refractivity contribution in [2.24, 2.45) is 10.2 Å². The molecule has 0 amide bonds. The number of hydrogen-bond acceptors (Lipinski definition) is 4. The van der Waals surface area contributed by atoms with Gasteiger partial charge in [-0.15, -0.1) is 10.2 Å². The zero-order valence-corrected chi connectivity index (χ0v) is 16.0. The zero-order chi connectivity index (χ0) is 15.5. The van der Waals surface area contributed by atoms with Gasteiger partial charge in [0.1, 0.15) is 17.7 Å². The molecule has 0 fully saturated rings. The van der Waals surface area contributed by atoms with Crippen molar-refractivity contribution >= 4 is 50.9 Å². The van der Waals surface area contributed by atoms with Crippen LogP contribution in [-0.4, -0.2) is 7.11 Å². The van der Waals surface area contributed by atoms with Crippen molar-refractivity contribution in [1.29, 1.82) is 0 Å². The van der Waals surface area contributed by atoms with Crippen LogP contribution in [0.3, 0.4) is 0 Å². The molecule has 0 saturated carbocycles. The molecule has 0 aliphatic carbocycles. The Morgan fingerprint density at radius 3 is 2.50 bits per heavy atom. The monoisotopic (exact) mass is 518 g/mol. The van der Waals surface area contributed by atoms with Gasteiger partial charge in [0, 0.05) is 18.3 Å². The summed E-state index contributed by atoms with van der Waals surface area (Å²) >= 11 is 4.57. The predicted molar refractivity (Wildman–Crippen MR) is 102 cm³/mol. The minimum atomic E-state index is -0.391. The molecular weight excluding hydrogens is 506 g/mol. The van der Waals surface area contributed by atoms with Gasteiger partial charge in [-0.1, -0.05) is 12.1 Å². The van der Waals surface area contributed by atoms with E-state index in [4.69, 9.17) is 9.47 Å². The van der Waals surface area contributed by atoms with Gasteiger partial charge >= 0.3 is 0 Å². The normalized spacial score (nSPS) is 16.9. The quantitative estimate of drug-likeness (QED) is 0.513. The lowest BCUT2D eigenvalue weighted by molar-refractivity contribution is 0.141. The van der Waals surface area contributed by atoms with Crippen LogP contribution in [0.15, 0.2) is 59.0 Å². The first-order chi connectivity index (χ1) is 10.7.